The number of amides is 2. The van der Waals surface area contributed by atoms with Gasteiger partial charge in [0.15, 0.2) is 9.84 Å². The van der Waals surface area contributed by atoms with Crippen molar-refractivity contribution in [3.63, 3.8) is 0 Å². The van der Waals surface area contributed by atoms with Gasteiger partial charge >= 0.3 is 0 Å². The standard InChI is InChI=1S/C20H27N5O4S/c1-13(2)16-7-5-6-8-17(16)25-15(4)22-18(23-25)19(26)21-14(3)20(27)24-9-11-30(28,29)12-10-24/h5-8,13-14H,9-12H2,1-4H3,(H,21,26). The van der Waals surface area contributed by atoms with Gasteiger partial charge in [0.2, 0.25) is 11.7 Å². The molecule has 1 atom stereocenters. The first-order valence-corrected chi connectivity index (χ1v) is 11.7. The summed E-state index contributed by atoms with van der Waals surface area (Å²) in [6.07, 6.45) is 0. The fourth-order valence-electron chi connectivity index (χ4n) is 3.41. The fourth-order valence-corrected chi connectivity index (χ4v) is 4.61. The van der Waals surface area contributed by atoms with Gasteiger partial charge in [-0.15, -0.1) is 5.10 Å². The molecule has 2 amide bonds. The fraction of sp³-hybridized carbons (Fsp3) is 0.500. The van der Waals surface area contributed by atoms with Crippen molar-refractivity contribution in [1.29, 1.82) is 0 Å². The number of nitrogens with one attached hydrogen (secondary N) is 1. The highest BCUT2D eigenvalue weighted by atomic mass is 32.2. The Balaban J connectivity index is 1.73. The monoisotopic (exact) mass is 433 g/mol. The highest BCUT2D eigenvalue weighted by Crippen LogP contribution is 2.23. The van der Waals surface area contributed by atoms with Crippen LogP contribution in [0.5, 0.6) is 0 Å². The van der Waals surface area contributed by atoms with E-state index in [4.69, 9.17) is 0 Å². The number of aryl methyl sites for hydroxylation is 1. The molecule has 1 fully saturated rings. The van der Waals surface area contributed by atoms with Crippen LogP contribution in [0.2, 0.25) is 0 Å². The zero-order valence-corrected chi connectivity index (χ0v) is 18.4. The van der Waals surface area contributed by atoms with Crippen LogP contribution < -0.4 is 5.32 Å². The van der Waals surface area contributed by atoms with Crippen LogP contribution in [-0.2, 0) is 14.6 Å². The Morgan fingerprint density at radius 3 is 2.37 bits per heavy atom. The molecule has 2 aromatic rings. The summed E-state index contributed by atoms with van der Waals surface area (Å²) in [5, 5.41) is 6.98. The quantitative estimate of drug-likeness (QED) is 0.755. The van der Waals surface area contributed by atoms with Gasteiger partial charge in [0.1, 0.15) is 11.9 Å². The van der Waals surface area contributed by atoms with E-state index in [0.29, 0.717) is 5.82 Å². The highest BCUT2D eigenvalue weighted by molar-refractivity contribution is 7.91. The molecular formula is C20H27N5O4S. The second-order valence-electron chi connectivity index (χ2n) is 7.78. The highest BCUT2D eigenvalue weighted by Gasteiger charge is 2.29. The Morgan fingerprint density at radius 2 is 1.73 bits per heavy atom. The predicted molar refractivity (Wildman–Crippen MR) is 112 cm³/mol. The summed E-state index contributed by atoms with van der Waals surface area (Å²) in [6, 6.07) is 6.99. The number of rotatable bonds is 5. The van der Waals surface area contributed by atoms with Crippen LogP contribution in [0.1, 0.15) is 48.7 Å². The molecule has 0 saturated carbocycles. The van der Waals surface area contributed by atoms with Crippen LogP contribution in [0, 0.1) is 6.92 Å². The van der Waals surface area contributed by atoms with Crippen molar-refractivity contribution in [3.8, 4) is 5.69 Å². The SMILES string of the molecule is Cc1nc(C(=O)NC(C)C(=O)N2CCS(=O)(=O)CC2)nn1-c1ccccc1C(C)C. The first-order valence-electron chi connectivity index (χ1n) is 9.92. The molecule has 1 saturated heterocycles. The number of sulfone groups is 1. The van der Waals surface area contributed by atoms with Gasteiger partial charge in [-0.1, -0.05) is 32.0 Å². The molecule has 0 bridgehead atoms. The zero-order valence-electron chi connectivity index (χ0n) is 17.6. The lowest BCUT2D eigenvalue weighted by Crippen LogP contribution is -2.51. The minimum absolute atomic E-state index is 0.0214. The third-order valence-electron chi connectivity index (χ3n) is 5.13. The molecule has 1 unspecified atom stereocenters. The minimum atomic E-state index is -3.08. The van der Waals surface area contributed by atoms with Gasteiger partial charge in [0.25, 0.3) is 5.91 Å². The van der Waals surface area contributed by atoms with E-state index in [1.165, 1.54) is 4.90 Å². The molecule has 1 aromatic heterocycles. The van der Waals surface area contributed by atoms with Crippen molar-refractivity contribution in [1.82, 2.24) is 25.0 Å². The van der Waals surface area contributed by atoms with Crippen LogP contribution in [0.25, 0.3) is 5.69 Å². The Morgan fingerprint density at radius 1 is 1.10 bits per heavy atom. The summed E-state index contributed by atoms with van der Waals surface area (Å²) in [5.74, 6) is -0.169. The molecular weight excluding hydrogens is 406 g/mol. The molecule has 1 aliphatic rings. The van der Waals surface area contributed by atoms with Gasteiger partial charge < -0.3 is 10.2 Å². The lowest BCUT2D eigenvalue weighted by atomic mass is 10.0. The Kier molecular flexibility index (Phi) is 6.25. The first kappa shape index (κ1) is 21.9. The maximum atomic E-state index is 12.6. The molecule has 0 spiro atoms. The summed E-state index contributed by atoms with van der Waals surface area (Å²) in [6.45, 7) is 7.78. The minimum Gasteiger partial charge on any atom is -0.339 e. The van der Waals surface area contributed by atoms with E-state index in [0.717, 1.165) is 11.3 Å². The van der Waals surface area contributed by atoms with Crippen LogP contribution >= 0.6 is 0 Å². The van der Waals surface area contributed by atoms with Crippen molar-refractivity contribution in [2.45, 2.75) is 39.7 Å². The lowest BCUT2D eigenvalue weighted by molar-refractivity contribution is -0.132. The van der Waals surface area contributed by atoms with Gasteiger partial charge in [-0.05, 0) is 31.4 Å². The predicted octanol–water partition coefficient (Wildman–Crippen LogP) is 1.07. The van der Waals surface area contributed by atoms with Crippen LogP contribution in [-0.4, -0.2) is 70.5 Å². The third-order valence-corrected chi connectivity index (χ3v) is 6.74. The number of hydrogen-bond acceptors (Lipinski definition) is 6. The van der Waals surface area contributed by atoms with Crippen molar-refractivity contribution >= 4 is 21.7 Å². The van der Waals surface area contributed by atoms with Crippen LogP contribution in [0.15, 0.2) is 24.3 Å². The summed E-state index contributed by atoms with van der Waals surface area (Å²) >= 11 is 0. The van der Waals surface area contributed by atoms with Gasteiger partial charge in [0, 0.05) is 13.1 Å². The van der Waals surface area contributed by atoms with E-state index < -0.39 is 21.8 Å². The number of aromatic nitrogens is 3. The van der Waals surface area contributed by atoms with Crippen molar-refractivity contribution < 1.29 is 18.0 Å². The van der Waals surface area contributed by atoms with Crippen LogP contribution in [0.3, 0.4) is 0 Å². The maximum Gasteiger partial charge on any atom is 0.291 e. The van der Waals surface area contributed by atoms with Gasteiger partial charge in [-0.25, -0.2) is 18.1 Å². The topological polar surface area (TPSA) is 114 Å². The molecule has 3 rings (SSSR count). The molecule has 1 N–H and O–H groups in total. The second-order valence-corrected chi connectivity index (χ2v) is 10.1. The maximum absolute atomic E-state index is 12.6. The average Bonchev–Trinajstić information content (AvgIpc) is 3.09. The van der Waals surface area contributed by atoms with E-state index in [9.17, 15) is 18.0 Å². The molecule has 1 aliphatic heterocycles. The third kappa shape index (κ3) is 4.69. The number of para-hydroxylation sites is 1. The molecule has 162 valence electrons. The zero-order chi connectivity index (χ0) is 22.1. The van der Waals surface area contributed by atoms with Crippen molar-refractivity contribution in [3.05, 3.63) is 41.5 Å². The number of carbonyl (C=O) groups excluding carboxylic acids is 2. The van der Waals surface area contributed by atoms with E-state index >= 15 is 0 Å². The summed E-state index contributed by atoms with van der Waals surface area (Å²) in [4.78, 5) is 30.9. The van der Waals surface area contributed by atoms with E-state index in [1.54, 1.807) is 18.5 Å². The first-order chi connectivity index (χ1) is 14.1. The van der Waals surface area contributed by atoms with Crippen molar-refractivity contribution in [2.24, 2.45) is 0 Å². The lowest BCUT2D eigenvalue weighted by Gasteiger charge is -2.29. The molecule has 30 heavy (non-hydrogen) atoms. The molecule has 2 heterocycles. The largest absolute Gasteiger partial charge is 0.339 e. The number of hydrogen-bond donors (Lipinski definition) is 1. The summed E-state index contributed by atoms with van der Waals surface area (Å²) in [7, 11) is -3.08. The van der Waals surface area contributed by atoms with Crippen molar-refractivity contribution in [2.75, 3.05) is 24.6 Å². The number of benzene rings is 1. The second kappa shape index (κ2) is 8.55. The molecule has 1 aromatic carbocycles. The van der Waals surface area contributed by atoms with E-state index in [1.807, 2.05) is 24.3 Å². The van der Waals surface area contributed by atoms with Gasteiger partial charge in [-0.3, -0.25) is 9.59 Å². The molecule has 0 radical (unpaired) electrons. The Hall–Kier alpha value is -2.75. The van der Waals surface area contributed by atoms with E-state index in [-0.39, 0.29) is 42.2 Å². The molecule has 10 heteroatoms. The number of carbonyl (C=O) groups is 2. The molecule has 0 aliphatic carbocycles. The Bertz CT molecular complexity index is 1050. The van der Waals surface area contributed by atoms with Gasteiger partial charge in [-0.2, -0.15) is 0 Å². The average molecular weight is 434 g/mol. The molecule has 9 nitrogen and oxygen atoms in total. The van der Waals surface area contributed by atoms with Crippen LogP contribution in [0.4, 0.5) is 0 Å². The van der Waals surface area contributed by atoms with Gasteiger partial charge in [0.05, 0.1) is 17.2 Å². The smallest absolute Gasteiger partial charge is 0.291 e. The number of nitrogens with zero attached hydrogens (tertiary/aromatic N) is 4. The normalized spacial score (nSPS) is 17.0. The Labute approximate surface area is 176 Å². The summed E-state index contributed by atoms with van der Waals surface area (Å²) < 4.78 is 24.7. The summed E-state index contributed by atoms with van der Waals surface area (Å²) in [5.41, 5.74) is 1.94. The van der Waals surface area contributed by atoms with E-state index in [2.05, 4.69) is 29.2 Å².